The van der Waals surface area contributed by atoms with Crippen LogP contribution in [0.2, 0.25) is 13.6 Å². The molecule has 23 heavy (non-hydrogen) atoms. The molecule has 0 saturated carbocycles. The molecule has 122 valence electrons. The van der Waals surface area contributed by atoms with E-state index in [2.05, 4.69) is 0 Å². The Kier molecular flexibility index (Phi) is 5.34. The third-order valence-electron chi connectivity index (χ3n) is 3.56. The molecule has 0 atom stereocenters. The second-order valence-corrected chi connectivity index (χ2v) is 5.59. The van der Waals surface area contributed by atoms with Crippen LogP contribution in [-0.2, 0) is 12.6 Å². The molecular formula is C17H17BF4O. The molecule has 0 spiro atoms. The molecule has 1 nitrogen and oxygen atoms in total. The minimum atomic E-state index is -4.39. The quantitative estimate of drug-likeness (QED) is 0.584. The van der Waals surface area contributed by atoms with Gasteiger partial charge in [0.05, 0.1) is 12.2 Å². The van der Waals surface area contributed by atoms with Crippen molar-refractivity contribution >= 4 is 12.2 Å². The third-order valence-corrected chi connectivity index (χ3v) is 3.56. The van der Waals surface area contributed by atoms with Crippen molar-refractivity contribution in [1.82, 2.24) is 0 Å². The summed E-state index contributed by atoms with van der Waals surface area (Å²) in [5.74, 6) is -0.0513. The summed E-state index contributed by atoms with van der Waals surface area (Å²) in [6.45, 7) is 3.87. The van der Waals surface area contributed by atoms with Gasteiger partial charge in [0.1, 0.15) is 11.6 Å². The summed E-state index contributed by atoms with van der Waals surface area (Å²) in [6.07, 6.45) is -4.29. The molecule has 0 bridgehead atoms. The highest BCUT2D eigenvalue weighted by Crippen LogP contribution is 2.32. The first-order valence-electron chi connectivity index (χ1n) is 7.36. The first-order valence-corrected chi connectivity index (χ1v) is 7.36. The molecule has 0 saturated heterocycles. The lowest BCUT2D eigenvalue weighted by molar-refractivity contribution is -0.138. The fraction of sp³-hybridized carbons (Fsp3) is 0.294. The van der Waals surface area contributed by atoms with Crippen LogP contribution in [0.5, 0.6) is 5.75 Å². The lowest BCUT2D eigenvalue weighted by Crippen LogP contribution is -2.26. The Bertz CT molecular complexity index is 668. The fourth-order valence-corrected chi connectivity index (χ4v) is 2.36. The first-order chi connectivity index (χ1) is 10.8. The van der Waals surface area contributed by atoms with Gasteiger partial charge in [0.25, 0.3) is 0 Å². The zero-order valence-corrected chi connectivity index (χ0v) is 13.0. The zero-order valence-electron chi connectivity index (χ0n) is 13.0. The summed E-state index contributed by atoms with van der Waals surface area (Å²) in [6, 6.07) is 9.92. The van der Waals surface area contributed by atoms with Gasteiger partial charge in [-0.3, -0.25) is 0 Å². The molecule has 0 aliphatic carbocycles. The molecule has 2 aromatic rings. The van der Waals surface area contributed by atoms with Crippen LogP contribution in [0, 0.1) is 5.82 Å². The second kappa shape index (κ2) is 7.07. The monoisotopic (exact) mass is 324 g/mol. The maximum absolute atomic E-state index is 13.8. The van der Waals surface area contributed by atoms with Gasteiger partial charge in [-0.2, -0.15) is 13.2 Å². The van der Waals surface area contributed by atoms with Crippen LogP contribution in [0.1, 0.15) is 11.1 Å². The normalized spacial score (nSPS) is 11.4. The summed E-state index contributed by atoms with van der Waals surface area (Å²) in [4.78, 5) is 0. The third kappa shape index (κ3) is 4.50. The highest BCUT2D eigenvalue weighted by molar-refractivity contribution is 6.70. The molecule has 0 aromatic heterocycles. The highest BCUT2D eigenvalue weighted by atomic mass is 19.4. The lowest BCUT2D eigenvalue weighted by Gasteiger charge is -2.13. The summed E-state index contributed by atoms with van der Waals surface area (Å²) in [5, 5.41) is 0. The Morgan fingerprint density at radius 1 is 1.04 bits per heavy atom. The summed E-state index contributed by atoms with van der Waals surface area (Å²) < 4.78 is 57.9. The molecule has 2 rings (SSSR count). The van der Waals surface area contributed by atoms with E-state index in [1.807, 2.05) is 13.6 Å². The van der Waals surface area contributed by atoms with E-state index in [0.717, 1.165) is 6.07 Å². The van der Waals surface area contributed by atoms with Crippen LogP contribution >= 0.6 is 0 Å². The van der Waals surface area contributed by atoms with E-state index in [1.165, 1.54) is 18.2 Å². The number of rotatable bonds is 5. The van der Waals surface area contributed by atoms with E-state index in [-0.39, 0.29) is 31.1 Å². The van der Waals surface area contributed by atoms with Crippen molar-refractivity contribution in [2.75, 3.05) is 6.61 Å². The standard InChI is InChI=1S/C17H17BF4O/c1-18(2)15-8-7-13(11-16(15)19)23-10-9-12-5-3-4-6-14(12)17(20,21)22/h3-8,11H,9-10H2,1-2H3. The van der Waals surface area contributed by atoms with E-state index >= 15 is 0 Å². The van der Waals surface area contributed by atoms with E-state index in [1.54, 1.807) is 18.2 Å². The Labute approximate surface area is 133 Å². The molecule has 6 heteroatoms. The van der Waals surface area contributed by atoms with Gasteiger partial charge < -0.3 is 4.74 Å². The van der Waals surface area contributed by atoms with Crippen molar-refractivity contribution in [2.45, 2.75) is 26.2 Å². The molecule has 0 fully saturated rings. The molecule has 2 aromatic carbocycles. The maximum atomic E-state index is 13.8. The van der Waals surface area contributed by atoms with Gasteiger partial charge in [-0.05, 0) is 23.2 Å². The molecular weight excluding hydrogens is 307 g/mol. The Balaban J connectivity index is 2.02. The van der Waals surface area contributed by atoms with Crippen molar-refractivity contribution < 1.29 is 22.3 Å². The predicted octanol–water partition coefficient (Wildman–Crippen LogP) is 4.43. The van der Waals surface area contributed by atoms with Crippen LogP contribution in [0.4, 0.5) is 17.6 Å². The van der Waals surface area contributed by atoms with Crippen molar-refractivity contribution in [3.63, 3.8) is 0 Å². The smallest absolute Gasteiger partial charge is 0.416 e. The summed E-state index contributed by atoms with van der Waals surface area (Å²) in [5.41, 5.74) is 0.0870. The average Bonchev–Trinajstić information content (AvgIpc) is 2.46. The lowest BCUT2D eigenvalue weighted by atomic mass is 9.49. The molecule has 0 N–H and O–H groups in total. The molecule has 0 unspecified atom stereocenters. The van der Waals surface area contributed by atoms with E-state index in [9.17, 15) is 17.6 Å². The van der Waals surface area contributed by atoms with Crippen molar-refractivity contribution in [1.29, 1.82) is 0 Å². The molecule has 0 radical (unpaired) electrons. The average molecular weight is 324 g/mol. The van der Waals surface area contributed by atoms with Crippen molar-refractivity contribution in [3.05, 3.63) is 59.4 Å². The maximum Gasteiger partial charge on any atom is 0.416 e. The van der Waals surface area contributed by atoms with Crippen LogP contribution in [0.3, 0.4) is 0 Å². The van der Waals surface area contributed by atoms with E-state index < -0.39 is 11.7 Å². The van der Waals surface area contributed by atoms with Crippen LogP contribution in [0.15, 0.2) is 42.5 Å². The fourth-order valence-electron chi connectivity index (χ4n) is 2.36. The van der Waals surface area contributed by atoms with E-state index in [4.69, 9.17) is 4.74 Å². The number of ether oxygens (including phenoxy) is 1. The minimum absolute atomic E-state index is 0.0492. The Hall–Kier alpha value is -1.98. The topological polar surface area (TPSA) is 9.23 Å². The number of hydrogen-bond donors (Lipinski definition) is 0. The van der Waals surface area contributed by atoms with Gasteiger partial charge in [0.15, 0.2) is 6.71 Å². The molecule has 0 aliphatic heterocycles. The summed E-state index contributed by atoms with van der Waals surface area (Å²) in [7, 11) is 0. The van der Waals surface area contributed by atoms with Gasteiger partial charge in [0, 0.05) is 12.5 Å². The van der Waals surface area contributed by atoms with Crippen LogP contribution in [-0.4, -0.2) is 13.3 Å². The van der Waals surface area contributed by atoms with E-state index in [0.29, 0.717) is 11.2 Å². The molecule has 0 heterocycles. The number of alkyl halides is 3. The van der Waals surface area contributed by atoms with Crippen LogP contribution in [0.25, 0.3) is 0 Å². The van der Waals surface area contributed by atoms with Gasteiger partial charge in [-0.1, -0.05) is 37.9 Å². The van der Waals surface area contributed by atoms with Gasteiger partial charge in [-0.25, -0.2) is 4.39 Å². The van der Waals surface area contributed by atoms with Gasteiger partial charge >= 0.3 is 6.18 Å². The van der Waals surface area contributed by atoms with Gasteiger partial charge in [0.2, 0.25) is 0 Å². The Morgan fingerprint density at radius 2 is 1.74 bits per heavy atom. The first kappa shape index (κ1) is 17.4. The minimum Gasteiger partial charge on any atom is -0.493 e. The summed E-state index contributed by atoms with van der Waals surface area (Å²) >= 11 is 0. The van der Waals surface area contributed by atoms with Crippen molar-refractivity contribution in [2.24, 2.45) is 0 Å². The SMILES string of the molecule is CB(C)c1ccc(OCCc2ccccc2C(F)(F)F)cc1F. The largest absolute Gasteiger partial charge is 0.493 e. The van der Waals surface area contributed by atoms with Gasteiger partial charge in [-0.15, -0.1) is 0 Å². The number of benzene rings is 2. The molecule has 0 amide bonds. The Morgan fingerprint density at radius 3 is 2.35 bits per heavy atom. The second-order valence-electron chi connectivity index (χ2n) is 5.59. The van der Waals surface area contributed by atoms with Crippen molar-refractivity contribution in [3.8, 4) is 5.75 Å². The predicted molar refractivity (Wildman–Crippen MR) is 84.2 cm³/mol. The zero-order chi connectivity index (χ0) is 17.0. The highest BCUT2D eigenvalue weighted by Gasteiger charge is 2.32. The number of halogens is 4. The van der Waals surface area contributed by atoms with Crippen LogP contribution < -0.4 is 10.2 Å². The molecule has 0 aliphatic rings. The number of hydrogen-bond acceptors (Lipinski definition) is 1.